The summed E-state index contributed by atoms with van der Waals surface area (Å²) in [5.74, 6) is -3.11. The molecule has 1 rings (SSSR count). The number of carboxylic acids is 1. The molecule has 0 aromatic carbocycles. The standard InChI is InChI=1S/C61H110O12/c1-4-7-10-13-16-19-22-25-27-30-32-35-38-41-44-47-53(62)69-50-52(71-54(63)48-45-42-39-36-33-29-24-21-18-15-12-9-6-3)51-70-61-59(57(66)56(65)58(73-61)60(67)68)72-55(64)49-46-43-40-37-34-31-28-26-23-20-17-14-11-8-5-2/h25-28,52,56-59,61,65-66H,4-24,29-51H2,1-3H3,(H,67,68)/b27-25-,28-26-. The van der Waals surface area contributed by atoms with Crippen LogP contribution in [0.25, 0.3) is 0 Å². The van der Waals surface area contributed by atoms with Crippen molar-refractivity contribution >= 4 is 23.9 Å². The van der Waals surface area contributed by atoms with Crippen LogP contribution in [0.3, 0.4) is 0 Å². The van der Waals surface area contributed by atoms with Crippen molar-refractivity contribution in [2.75, 3.05) is 13.2 Å². The summed E-state index contributed by atoms with van der Waals surface area (Å²) in [4.78, 5) is 51.1. The third-order valence-electron chi connectivity index (χ3n) is 14.0. The zero-order valence-corrected chi connectivity index (χ0v) is 46.9. The number of aliphatic hydroxyl groups is 2. The van der Waals surface area contributed by atoms with Gasteiger partial charge in [-0.15, -0.1) is 0 Å². The third kappa shape index (κ3) is 40.2. The minimum absolute atomic E-state index is 0.0542. The van der Waals surface area contributed by atoms with Gasteiger partial charge in [0.1, 0.15) is 18.8 Å². The van der Waals surface area contributed by atoms with Crippen LogP contribution in [0.15, 0.2) is 24.3 Å². The SMILES string of the molecule is CCCCCCCC/C=C\CCCCCCCC(=O)OCC(COC1OC(C(=O)O)C(O)C(O)C1OC(=O)CCCCCCC/C=C\CCCCCCCC)OC(=O)CCCCCCCCCCCCCCC. The van der Waals surface area contributed by atoms with E-state index in [2.05, 4.69) is 45.1 Å². The van der Waals surface area contributed by atoms with Gasteiger partial charge in [0, 0.05) is 19.3 Å². The number of esters is 3. The van der Waals surface area contributed by atoms with Crippen molar-refractivity contribution in [2.45, 2.75) is 327 Å². The molecule has 426 valence electrons. The molecule has 1 saturated heterocycles. The van der Waals surface area contributed by atoms with Crippen LogP contribution in [-0.2, 0) is 42.9 Å². The van der Waals surface area contributed by atoms with Crippen LogP contribution in [0.2, 0.25) is 0 Å². The molecular formula is C61H110O12. The van der Waals surface area contributed by atoms with Gasteiger partial charge in [-0.05, 0) is 70.6 Å². The molecule has 0 saturated carbocycles. The lowest BCUT2D eigenvalue weighted by Gasteiger charge is -2.40. The van der Waals surface area contributed by atoms with Gasteiger partial charge in [0.2, 0.25) is 0 Å². The maximum Gasteiger partial charge on any atom is 0.335 e. The lowest BCUT2D eigenvalue weighted by molar-refractivity contribution is -0.301. The van der Waals surface area contributed by atoms with E-state index >= 15 is 0 Å². The number of ether oxygens (including phenoxy) is 5. The van der Waals surface area contributed by atoms with Gasteiger partial charge >= 0.3 is 23.9 Å². The molecule has 0 amide bonds. The second-order valence-corrected chi connectivity index (χ2v) is 21.0. The molecule has 0 aliphatic carbocycles. The first-order chi connectivity index (χ1) is 35.6. The van der Waals surface area contributed by atoms with Gasteiger partial charge in [-0.3, -0.25) is 14.4 Å². The maximum absolute atomic E-state index is 13.1. The van der Waals surface area contributed by atoms with Gasteiger partial charge in [0.25, 0.3) is 0 Å². The van der Waals surface area contributed by atoms with E-state index in [9.17, 15) is 34.5 Å². The molecule has 12 heteroatoms. The Morgan fingerprint density at radius 2 is 0.781 bits per heavy atom. The van der Waals surface area contributed by atoms with Crippen LogP contribution in [0.5, 0.6) is 0 Å². The van der Waals surface area contributed by atoms with Crippen molar-refractivity contribution in [1.82, 2.24) is 0 Å². The first-order valence-electron chi connectivity index (χ1n) is 30.3. The molecule has 6 atom stereocenters. The first kappa shape index (κ1) is 68.2. The number of rotatable bonds is 52. The fraction of sp³-hybridized carbons (Fsp3) is 0.869. The zero-order chi connectivity index (χ0) is 53.3. The molecule has 0 aromatic rings. The van der Waals surface area contributed by atoms with Crippen LogP contribution < -0.4 is 0 Å². The maximum atomic E-state index is 13.1. The van der Waals surface area contributed by atoms with E-state index in [1.54, 1.807) is 0 Å². The van der Waals surface area contributed by atoms with Gasteiger partial charge in [0.15, 0.2) is 24.6 Å². The summed E-state index contributed by atoms with van der Waals surface area (Å²) in [7, 11) is 0. The molecule has 1 aliphatic rings. The number of carbonyl (C=O) groups excluding carboxylic acids is 3. The van der Waals surface area contributed by atoms with Gasteiger partial charge in [-0.1, -0.05) is 225 Å². The molecule has 0 bridgehead atoms. The van der Waals surface area contributed by atoms with E-state index in [1.165, 1.54) is 135 Å². The molecule has 3 N–H and O–H groups in total. The highest BCUT2D eigenvalue weighted by molar-refractivity contribution is 5.74. The Morgan fingerprint density at radius 3 is 1.16 bits per heavy atom. The van der Waals surface area contributed by atoms with Crippen molar-refractivity contribution in [3.05, 3.63) is 24.3 Å². The van der Waals surface area contributed by atoms with Crippen molar-refractivity contribution in [3.63, 3.8) is 0 Å². The van der Waals surface area contributed by atoms with Gasteiger partial charge in [0.05, 0.1) is 6.61 Å². The van der Waals surface area contributed by atoms with Crippen molar-refractivity contribution < 1.29 is 58.2 Å². The molecular weight excluding hydrogens is 925 g/mol. The Morgan fingerprint density at radius 1 is 0.438 bits per heavy atom. The van der Waals surface area contributed by atoms with Crippen LogP contribution in [0.1, 0.15) is 290 Å². The predicted octanol–water partition coefficient (Wildman–Crippen LogP) is 15.5. The molecule has 1 heterocycles. The summed E-state index contributed by atoms with van der Waals surface area (Å²) in [5.41, 5.74) is 0. The molecule has 12 nitrogen and oxygen atoms in total. The monoisotopic (exact) mass is 1030 g/mol. The lowest BCUT2D eigenvalue weighted by atomic mass is 9.98. The highest BCUT2D eigenvalue weighted by Crippen LogP contribution is 2.26. The molecule has 73 heavy (non-hydrogen) atoms. The smallest absolute Gasteiger partial charge is 0.335 e. The average molecular weight is 1040 g/mol. The third-order valence-corrected chi connectivity index (χ3v) is 14.0. The van der Waals surface area contributed by atoms with Crippen molar-refractivity contribution in [3.8, 4) is 0 Å². The van der Waals surface area contributed by atoms with Gasteiger partial charge in [-0.25, -0.2) is 4.79 Å². The topological polar surface area (TPSA) is 175 Å². The second kappa shape index (κ2) is 50.0. The Kier molecular flexibility index (Phi) is 46.8. The Bertz CT molecular complexity index is 1370. The number of allylic oxidation sites excluding steroid dienone is 4. The number of aliphatic carboxylic acids is 1. The lowest BCUT2D eigenvalue weighted by Crippen LogP contribution is -2.61. The number of hydrogen-bond donors (Lipinski definition) is 3. The number of aliphatic hydroxyl groups excluding tert-OH is 2. The summed E-state index contributed by atoms with van der Waals surface area (Å²) >= 11 is 0. The molecule has 0 radical (unpaired) electrons. The van der Waals surface area contributed by atoms with Crippen LogP contribution in [-0.4, -0.2) is 89.2 Å². The van der Waals surface area contributed by atoms with E-state index in [0.29, 0.717) is 19.3 Å². The quantitative estimate of drug-likeness (QED) is 0.0228. The summed E-state index contributed by atoms with van der Waals surface area (Å²) < 4.78 is 28.4. The van der Waals surface area contributed by atoms with E-state index < -0.39 is 67.3 Å². The van der Waals surface area contributed by atoms with Gasteiger partial charge in [-0.2, -0.15) is 0 Å². The van der Waals surface area contributed by atoms with Crippen LogP contribution in [0.4, 0.5) is 0 Å². The fourth-order valence-electron chi connectivity index (χ4n) is 9.30. The number of unbranched alkanes of at least 4 members (excludes halogenated alkanes) is 34. The number of hydrogen-bond acceptors (Lipinski definition) is 11. The normalized spacial score (nSPS) is 18.4. The van der Waals surface area contributed by atoms with E-state index in [4.69, 9.17) is 23.7 Å². The van der Waals surface area contributed by atoms with Crippen LogP contribution in [0, 0.1) is 0 Å². The predicted molar refractivity (Wildman–Crippen MR) is 294 cm³/mol. The fourth-order valence-corrected chi connectivity index (χ4v) is 9.30. The second-order valence-electron chi connectivity index (χ2n) is 21.0. The Labute approximate surface area is 445 Å². The zero-order valence-electron chi connectivity index (χ0n) is 46.9. The highest BCUT2D eigenvalue weighted by atomic mass is 16.7. The van der Waals surface area contributed by atoms with Crippen LogP contribution >= 0.6 is 0 Å². The number of carboxylic acid groups (broad SMARTS) is 1. The summed E-state index contributed by atoms with van der Waals surface area (Å²) in [6, 6.07) is 0. The largest absolute Gasteiger partial charge is 0.479 e. The van der Waals surface area contributed by atoms with Gasteiger partial charge < -0.3 is 39.0 Å². The summed E-state index contributed by atoms with van der Waals surface area (Å²) in [6.07, 6.45) is 44.3. The highest BCUT2D eigenvalue weighted by Gasteiger charge is 2.50. The van der Waals surface area contributed by atoms with E-state index in [0.717, 1.165) is 96.3 Å². The van der Waals surface area contributed by atoms with Crippen molar-refractivity contribution in [2.24, 2.45) is 0 Å². The first-order valence-corrected chi connectivity index (χ1v) is 30.3. The summed E-state index contributed by atoms with van der Waals surface area (Å²) in [6.45, 7) is 6.00. The Balaban J connectivity index is 2.68. The summed E-state index contributed by atoms with van der Waals surface area (Å²) in [5, 5.41) is 31.5. The number of carbonyl (C=O) groups is 4. The van der Waals surface area contributed by atoms with Crippen molar-refractivity contribution in [1.29, 1.82) is 0 Å². The average Bonchev–Trinajstić information content (AvgIpc) is 3.37. The minimum atomic E-state index is -1.90. The molecule has 6 unspecified atom stereocenters. The molecule has 1 fully saturated rings. The van der Waals surface area contributed by atoms with E-state index in [1.807, 2.05) is 0 Å². The molecule has 0 aromatic heterocycles. The van der Waals surface area contributed by atoms with E-state index in [-0.39, 0.29) is 25.9 Å². The molecule has 0 spiro atoms. The Hall–Kier alpha value is -2.80. The molecule has 1 aliphatic heterocycles. The minimum Gasteiger partial charge on any atom is -0.479 e.